The first-order valence-electron chi connectivity index (χ1n) is 9.23. The fourth-order valence-corrected chi connectivity index (χ4v) is 4.59. The van der Waals surface area contributed by atoms with Crippen LogP contribution in [0.15, 0.2) is 83.0 Å². The van der Waals surface area contributed by atoms with Gasteiger partial charge in [-0.05, 0) is 33.7 Å². The summed E-state index contributed by atoms with van der Waals surface area (Å²) in [7, 11) is -2.90. The highest BCUT2D eigenvalue weighted by Crippen LogP contribution is 2.31. The minimum atomic E-state index is -1.61. The molecule has 0 fully saturated rings. The van der Waals surface area contributed by atoms with Crippen molar-refractivity contribution < 1.29 is 0 Å². The third-order valence-corrected chi connectivity index (χ3v) is 6.82. The van der Waals surface area contributed by atoms with Crippen LogP contribution in [0.2, 0.25) is 39.3 Å². The van der Waals surface area contributed by atoms with E-state index >= 15 is 0 Å². The first kappa shape index (κ1) is 20.2. The normalized spacial score (nSPS) is 12.2. The van der Waals surface area contributed by atoms with Gasteiger partial charge in [-0.3, -0.25) is 0 Å². The average molecular weight is 375 g/mol. The van der Waals surface area contributed by atoms with Gasteiger partial charge >= 0.3 is 0 Å². The van der Waals surface area contributed by atoms with Gasteiger partial charge in [0.2, 0.25) is 0 Å². The van der Waals surface area contributed by atoms with E-state index in [1.807, 2.05) is 0 Å². The molecule has 0 aromatic heterocycles. The van der Waals surface area contributed by atoms with Crippen molar-refractivity contribution in [3.05, 3.63) is 94.1 Å². The van der Waals surface area contributed by atoms with Gasteiger partial charge in [0.05, 0.1) is 16.1 Å². The Labute approximate surface area is 161 Å². The predicted molar refractivity (Wildman–Crippen MR) is 123 cm³/mol. The van der Waals surface area contributed by atoms with Gasteiger partial charge < -0.3 is 0 Å². The molecule has 2 aromatic rings. The maximum absolute atomic E-state index is 3.57. The lowest BCUT2D eigenvalue weighted by molar-refractivity contribution is 1.58. The molecule has 0 atom stereocenters. The quantitative estimate of drug-likeness (QED) is 0.224. The molecule has 0 bridgehead atoms. The van der Waals surface area contributed by atoms with Crippen molar-refractivity contribution in [3.63, 3.8) is 0 Å². The van der Waals surface area contributed by atoms with Crippen LogP contribution in [0.25, 0.3) is 11.6 Å². The van der Waals surface area contributed by atoms with Crippen molar-refractivity contribution in [3.8, 4) is 0 Å². The predicted octanol–water partition coefficient (Wildman–Crippen LogP) is 7.22. The van der Waals surface area contributed by atoms with Gasteiger partial charge in [-0.2, -0.15) is 0 Å². The van der Waals surface area contributed by atoms with Gasteiger partial charge in [-0.15, -0.1) is 0 Å². The van der Waals surface area contributed by atoms with Crippen LogP contribution in [0.4, 0.5) is 0 Å². The number of rotatable bonds is 5. The van der Waals surface area contributed by atoms with E-state index in [0.29, 0.717) is 0 Å². The molecule has 0 aliphatic rings. The van der Waals surface area contributed by atoms with E-state index in [9.17, 15) is 0 Å². The summed E-state index contributed by atoms with van der Waals surface area (Å²) in [5.74, 6) is 0. The SMILES string of the molecule is C[Si](C)(C)C=C=C=C(C(=Cc1ccccc1)c1ccccc1)[Si](C)(C)C. The molecule has 0 nitrogen and oxygen atoms in total. The Kier molecular flexibility index (Phi) is 6.64. The lowest BCUT2D eigenvalue weighted by atomic mass is 10.0. The second kappa shape index (κ2) is 8.53. The van der Waals surface area contributed by atoms with E-state index < -0.39 is 16.1 Å². The zero-order chi connectivity index (χ0) is 19.2. The fraction of sp³-hybridized carbons (Fsp3) is 0.250. The Bertz CT molecular complexity index is 848. The van der Waals surface area contributed by atoms with Gasteiger partial charge in [0.15, 0.2) is 0 Å². The van der Waals surface area contributed by atoms with E-state index in [-0.39, 0.29) is 0 Å². The van der Waals surface area contributed by atoms with Crippen molar-refractivity contribution in [2.75, 3.05) is 0 Å². The van der Waals surface area contributed by atoms with E-state index in [2.05, 4.69) is 123 Å². The number of allylic oxidation sites excluding steroid dienone is 2. The molecule has 0 heterocycles. The van der Waals surface area contributed by atoms with Crippen LogP contribution in [0, 0.1) is 0 Å². The maximum Gasteiger partial charge on any atom is 0.0892 e. The van der Waals surface area contributed by atoms with Crippen LogP contribution in [-0.4, -0.2) is 16.1 Å². The molecule has 134 valence electrons. The van der Waals surface area contributed by atoms with Crippen LogP contribution in [0.3, 0.4) is 0 Å². The minimum absolute atomic E-state index is 1.22. The summed E-state index contributed by atoms with van der Waals surface area (Å²) in [6.07, 6.45) is 2.30. The molecule has 2 aromatic carbocycles. The highest BCUT2D eigenvalue weighted by molar-refractivity contribution is 6.85. The smallest absolute Gasteiger partial charge is 0.0791 e. The monoisotopic (exact) mass is 374 g/mol. The van der Waals surface area contributed by atoms with Crippen molar-refractivity contribution >= 4 is 27.8 Å². The third kappa shape index (κ3) is 6.33. The summed E-state index contributed by atoms with van der Waals surface area (Å²) in [4.78, 5) is 0. The third-order valence-electron chi connectivity index (χ3n) is 3.92. The Morgan fingerprint density at radius 1 is 0.769 bits per heavy atom. The highest BCUT2D eigenvalue weighted by Gasteiger charge is 2.24. The van der Waals surface area contributed by atoms with Crippen LogP contribution in [-0.2, 0) is 0 Å². The lowest BCUT2D eigenvalue weighted by Crippen LogP contribution is -2.24. The van der Waals surface area contributed by atoms with Crippen molar-refractivity contribution in [2.45, 2.75) is 39.3 Å². The molecule has 0 N–H and O–H groups in total. The van der Waals surface area contributed by atoms with E-state index in [4.69, 9.17) is 0 Å². The molecule has 2 heteroatoms. The Balaban J connectivity index is 2.74. The lowest BCUT2D eigenvalue weighted by Gasteiger charge is -2.22. The average Bonchev–Trinajstić information content (AvgIpc) is 2.57. The molecule has 26 heavy (non-hydrogen) atoms. The van der Waals surface area contributed by atoms with Gasteiger partial charge in [0.1, 0.15) is 0 Å². The Hall–Kier alpha value is -2.09. The summed E-state index contributed by atoms with van der Waals surface area (Å²) in [5, 5.41) is 1.32. The number of hydrogen-bond donors (Lipinski definition) is 0. The summed E-state index contributed by atoms with van der Waals surface area (Å²) >= 11 is 0. The Morgan fingerprint density at radius 3 is 1.81 bits per heavy atom. The summed E-state index contributed by atoms with van der Waals surface area (Å²) < 4.78 is 0. The number of benzene rings is 2. The standard InChI is InChI=1S/C24H30Si2/c1-25(2,3)19-13-18-24(26(4,5)6)23(22-16-11-8-12-17-22)20-21-14-9-7-10-15-21/h7-12,14-17,19-20H,1-6H3. The Morgan fingerprint density at radius 2 is 1.31 bits per heavy atom. The van der Waals surface area contributed by atoms with Crippen molar-refractivity contribution in [1.29, 1.82) is 0 Å². The van der Waals surface area contributed by atoms with Gasteiger partial charge in [-0.25, -0.2) is 0 Å². The second-order valence-corrected chi connectivity index (χ2v) is 18.8. The molecule has 0 saturated heterocycles. The molecule has 0 amide bonds. The van der Waals surface area contributed by atoms with Crippen LogP contribution >= 0.6 is 0 Å². The molecular formula is C24H30Si2. The van der Waals surface area contributed by atoms with Crippen LogP contribution in [0.5, 0.6) is 0 Å². The maximum atomic E-state index is 3.57. The van der Waals surface area contributed by atoms with E-state index in [0.717, 1.165) is 0 Å². The molecule has 0 aliphatic heterocycles. The molecule has 0 saturated carbocycles. The van der Waals surface area contributed by atoms with Gasteiger partial charge in [-0.1, -0.05) is 111 Å². The van der Waals surface area contributed by atoms with Gasteiger partial charge in [0, 0.05) is 0 Å². The van der Waals surface area contributed by atoms with Crippen LogP contribution < -0.4 is 0 Å². The van der Waals surface area contributed by atoms with Crippen molar-refractivity contribution in [2.24, 2.45) is 0 Å². The highest BCUT2D eigenvalue weighted by atomic mass is 28.3. The largest absolute Gasteiger partial charge is 0.0892 e. The zero-order valence-corrected chi connectivity index (χ0v) is 18.9. The van der Waals surface area contributed by atoms with E-state index in [1.54, 1.807) is 0 Å². The molecule has 0 aliphatic carbocycles. The summed E-state index contributed by atoms with van der Waals surface area (Å²) in [5.41, 5.74) is 13.0. The molecule has 0 unspecified atom stereocenters. The first-order chi connectivity index (χ1) is 12.2. The topological polar surface area (TPSA) is 0 Å². The molecule has 0 radical (unpaired) electrons. The zero-order valence-electron chi connectivity index (χ0n) is 16.9. The number of hydrogen-bond acceptors (Lipinski definition) is 0. The molecule has 0 spiro atoms. The van der Waals surface area contributed by atoms with Gasteiger partial charge in [0.25, 0.3) is 0 Å². The molecule has 2 rings (SSSR count). The van der Waals surface area contributed by atoms with Crippen LogP contribution in [0.1, 0.15) is 11.1 Å². The second-order valence-electron chi connectivity index (χ2n) is 8.74. The summed E-state index contributed by atoms with van der Waals surface area (Å²) in [6.45, 7) is 14.1. The first-order valence-corrected chi connectivity index (χ1v) is 16.3. The fourth-order valence-electron chi connectivity index (χ4n) is 2.62. The van der Waals surface area contributed by atoms with Crippen molar-refractivity contribution in [1.82, 2.24) is 0 Å². The summed E-state index contributed by atoms with van der Waals surface area (Å²) in [6, 6.07) is 21.2. The van der Waals surface area contributed by atoms with E-state index in [1.165, 1.54) is 21.9 Å². The minimum Gasteiger partial charge on any atom is -0.0791 e. The molecular weight excluding hydrogens is 344 g/mol.